The van der Waals surface area contributed by atoms with Crippen LogP contribution < -0.4 is 5.73 Å². The maximum Gasteiger partial charge on any atom is 0.323 e. The topological polar surface area (TPSA) is 52.3 Å². The molecular weight excluding hydrogens is 234 g/mol. The van der Waals surface area contributed by atoms with E-state index in [1.807, 2.05) is 30.3 Å². The number of methoxy groups -OCH3 is 1. The summed E-state index contributed by atoms with van der Waals surface area (Å²) in [5.41, 5.74) is 5.58. The maximum atomic E-state index is 11.0. The van der Waals surface area contributed by atoms with Crippen molar-refractivity contribution >= 4 is 30.1 Å². The third kappa shape index (κ3) is 5.06. The molecule has 0 spiro atoms. The van der Waals surface area contributed by atoms with Gasteiger partial charge in [0.05, 0.1) is 7.11 Å². The van der Waals surface area contributed by atoms with Crippen LogP contribution in [0.3, 0.4) is 0 Å². The van der Waals surface area contributed by atoms with Crippen LogP contribution in [0.1, 0.15) is 0 Å². The van der Waals surface area contributed by atoms with Gasteiger partial charge in [0, 0.05) is 10.6 Å². The second-order valence-corrected chi connectivity index (χ2v) is 3.85. The lowest BCUT2D eigenvalue weighted by atomic mass is 10.4. The number of benzene rings is 1. The van der Waals surface area contributed by atoms with Gasteiger partial charge in [-0.2, -0.15) is 0 Å². The molecule has 84 valence electrons. The summed E-state index contributed by atoms with van der Waals surface area (Å²) >= 11 is 1.55. The van der Waals surface area contributed by atoms with Crippen molar-refractivity contribution in [2.45, 2.75) is 10.9 Å². The molecular formula is C10H14ClNO2S. The molecule has 0 fully saturated rings. The van der Waals surface area contributed by atoms with E-state index in [4.69, 9.17) is 5.73 Å². The molecule has 1 aromatic rings. The third-order valence-corrected chi connectivity index (χ3v) is 2.81. The molecule has 5 heteroatoms. The Morgan fingerprint density at radius 2 is 2.07 bits per heavy atom. The monoisotopic (exact) mass is 247 g/mol. The molecule has 0 amide bonds. The number of hydrogen-bond acceptors (Lipinski definition) is 4. The highest BCUT2D eigenvalue weighted by Gasteiger charge is 2.13. The Balaban J connectivity index is 0.00000196. The number of ether oxygens (including phenoxy) is 1. The Morgan fingerprint density at radius 1 is 1.47 bits per heavy atom. The zero-order valence-electron chi connectivity index (χ0n) is 8.38. The second kappa shape index (κ2) is 7.56. The number of halogens is 1. The predicted octanol–water partition coefficient (Wildman–Crippen LogP) is 1.70. The molecule has 1 aromatic carbocycles. The van der Waals surface area contributed by atoms with E-state index in [1.165, 1.54) is 7.11 Å². The standard InChI is InChI=1S/C10H13NO2S.ClH/c1-13-10(12)9(11)7-14-8-5-3-2-4-6-8;/h2-6,9H,7,11H2,1H3;1H/t9-;/m0./s1. The number of esters is 1. The van der Waals surface area contributed by atoms with Crippen LogP contribution in [-0.4, -0.2) is 24.9 Å². The fourth-order valence-electron chi connectivity index (χ4n) is 0.922. The Kier molecular flexibility index (Phi) is 7.21. The van der Waals surface area contributed by atoms with E-state index in [-0.39, 0.29) is 18.4 Å². The zero-order valence-corrected chi connectivity index (χ0v) is 10.0. The first-order valence-corrected chi connectivity index (χ1v) is 5.24. The van der Waals surface area contributed by atoms with Gasteiger partial charge in [-0.05, 0) is 12.1 Å². The summed E-state index contributed by atoms with van der Waals surface area (Å²) in [7, 11) is 1.34. The van der Waals surface area contributed by atoms with E-state index in [0.717, 1.165) is 4.90 Å². The van der Waals surface area contributed by atoms with Crippen LogP contribution in [0.25, 0.3) is 0 Å². The highest BCUT2D eigenvalue weighted by molar-refractivity contribution is 7.99. The van der Waals surface area contributed by atoms with Crippen LogP contribution in [-0.2, 0) is 9.53 Å². The normalized spacial score (nSPS) is 11.3. The molecule has 1 atom stereocenters. The summed E-state index contributed by atoms with van der Waals surface area (Å²) in [6, 6.07) is 9.26. The van der Waals surface area contributed by atoms with Gasteiger partial charge in [-0.3, -0.25) is 4.79 Å². The molecule has 0 saturated carbocycles. The Bertz CT molecular complexity index is 295. The number of carbonyl (C=O) groups is 1. The zero-order chi connectivity index (χ0) is 10.4. The van der Waals surface area contributed by atoms with Gasteiger partial charge in [0.1, 0.15) is 6.04 Å². The van der Waals surface area contributed by atoms with Gasteiger partial charge < -0.3 is 10.5 Å². The summed E-state index contributed by atoms with van der Waals surface area (Å²) in [5.74, 6) is 0.171. The molecule has 0 heterocycles. The smallest absolute Gasteiger partial charge is 0.323 e. The Labute approximate surface area is 99.8 Å². The molecule has 0 unspecified atom stereocenters. The molecule has 0 saturated heterocycles. The Hall–Kier alpha value is -0.710. The number of hydrogen-bond donors (Lipinski definition) is 1. The minimum atomic E-state index is -0.551. The lowest BCUT2D eigenvalue weighted by Crippen LogP contribution is -2.33. The summed E-state index contributed by atoms with van der Waals surface area (Å²) in [5, 5.41) is 0. The molecule has 2 N–H and O–H groups in total. The predicted molar refractivity (Wildman–Crippen MR) is 64.4 cm³/mol. The lowest BCUT2D eigenvalue weighted by molar-refractivity contribution is -0.141. The highest BCUT2D eigenvalue weighted by Crippen LogP contribution is 2.17. The first kappa shape index (κ1) is 14.3. The number of thioether (sulfide) groups is 1. The third-order valence-electron chi connectivity index (χ3n) is 1.68. The van der Waals surface area contributed by atoms with Crippen LogP contribution in [0.4, 0.5) is 0 Å². The van der Waals surface area contributed by atoms with E-state index in [1.54, 1.807) is 11.8 Å². The summed E-state index contributed by atoms with van der Waals surface area (Å²) < 4.78 is 4.52. The first-order chi connectivity index (χ1) is 6.74. The van der Waals surface area contributed by atoms with E-state index < -0.39 is 6.04 Å². The summed E-state index contributed by atoms with van der Waals surface area (Å²) in [6.07, 6.45) is 0. The molecule has 0 bridgehead atoms. The molecule has 3 nitrogen and oxygen atoms in total. The number of nitrogens with two attached hydrogens (primary N) is 1. The van der Waals surface area contributed by atoms with Crippen LogP contribution in [0.2, 0.25) is 0 Å². The Morgan fingerprint density at radius 3 is 2.60 bits per heavy atom. The molecule has 0 aliphatic heterocycles. The molecule has 0 aliphatic carbocycles. The van der Waals surface area contributed by atoms with Gasteiger partial charge in [-0.1, -0.05) is 18.2 Å². The molecule has 0 aliphatic rings. The van der Waals surface area contributed by atoms with Crippen LogP contribution in [0.15, 0.2) is 35.2 Å². The van der Waals surface area contributed by atoms with Crippen molar-refractivity contribution in [2.24, 2.45) is 5.73 Å². The average molecular weight is 248 g/mol. The van der Waals surface area contributed by atoms with Gasteiger partial charge in [-0.15, -0.1) is 24.2 Å². The molecule has 1 rings (SSSR count). The summed E-state index contributed by atoms with van der Waals surface area (Å²) in [4.78, 5) is 12.1. The number of rotatable bonds is 4. The fourth-order valence-corrected chi connectivity index (χ4v) is 1.78. The number of carbonyl (C=O) groups excluding carboxylic acids is 1. The van der Waals surface area contributed by atoms with Crippen molar-refractivity contribution < 1.29 is 9.53 Å². The van der Waals surface area contributed by atoms with Crippen LogP contribution >= 0.6 is 24.2 Å². The van der Waals surface area contributed by atoms with Crippen molar-refractivity contribution in [1.82, 2.24) is 0 Å². The van der Waals surface area contributed by atoms with Crippen LogP contribution in [0, 0.1) is 0 Å². The minimum Gasteiger partial charge on any atom is -0.468 e. The van der Waals surface area contributed by atoms with E-state index >= 15 is 0 Å². The highest BCUT2D eigenvalue weighted by atomic mass is 35.5. The summed E-state index contributed by atoms with van der Waals surface area (Å²) in [6.45, 7) is 0. The quantitative estimate of drug-likeness (QED) is 0.650. The van der Waals surface area contributed by atoms with Gasteiger partial charge in [0.25, 0.3) is 0 Å². The van der Waals surface area contributed by atoms with Gasteiger partial charge in [0.15, 0.2) is 0 Å². The first-order valence-electron chi connectivity index (χ1n) is 4.25. The molecule has 15 heavy (non-hydrogen) atoms. The van der Waals surface area contributed by atoms with Crippen molar-refractivity contribution in [2.75, 3.05) is 12.9 Å². The average Bonchev–Trinajstić information content (AvgIpc) is 2.26. The van der Waals surface area contributed by atoms with Gasteiger partial charge in [-0.25, -0.2) is 0 Å². The van der Waals surface area contributed by atoms with E-state index in [0.29, 0.717) is 5.75 Å². The SMILES string of the molecule is COC(=O)[C@@H](N)CSc1ccccc1.Cl. The van der Waals surface area contributed by atoms with Gasteiger partial charge >= 0.3 is 5.97 Å². The fraction of sp³-hybridized carbons (Fsp3) is 0.300. The van der Waals surface area contributed by atoms with Crippen LogP contribution in [0.5, 0.6) is 0 Å². The van der Waals surface area contributed by atoms with Crippen molar-refractivity contribution in [3.63, 3.8) is 0 Å². The van der Waals surface area contributed by atoms with Crippen molar-refractivity contribution in [3.8, 4) is 0 Å². The lowest BCUT2D eigenvalue weighted by Gasteiger charge is -2.08. The minimum absolute atomic E-state index is 0. The van der Waals surface area contributed by atoms with Gasteiger partial charge in [0.2, 0.25) is 0 Å². The van der Waals surface area contributed by atoms with Crippen molar-refractivity contribution in [1.29, 1.82) is 0 Å². The molecule has 0 aromatic heterocycles. The molecule has 0 radical (unpaired) electrons. The van der Waals surface area contributed by atoms with E-state index in [2.05, 4.69) is 4.74 Å². The van der Waals surface area contributed by atoms with Crippen molar-refractivity contribution in [3.05, 3.63) is 30.3 Å². The second-order valence-electron chi connectivity index (χ2n) is 2.75. The van der Waals surface area contributed by atoms with E-state index in [9.17, 15) is 4.79 Å². The maximum absolute atomic E-state index is 11.0. The largest absolute Gasteiger partial charge is 0.468 e.